The molecule has 0 bridgehead atoms. The van der Waals surface area contributed by atoms with Gasteiger partial charge in [-0.15, -0.1) is 0 Å². The van der Waals surface area contributed by atoms with Crippen LogP contribution in [0.4, 0.5) is 5.95 Å². The topological polar surface area (TPSA) is 63.8 Å². The molecule has 2 aromatic heterocycles. The van der Waals surface area contributed by atoms with Gasteiger partial charge in [-0.05, 0) is 31.7 Å². The lowest BCUT2D eigenvalue weighted by molar-refractivity contribution is 0.454. The molecule has 0 spiro atoms. The molecule has 0 atom stereocenters. The van der Waals surface area contributed by atoms with Gasteiger partial charge in [0.05, 0.1) is 5.69 Å². The second kappa shape index (κ2) is 4.52. The smallest absolute Gasteiger partial charge is 0.262 e. The Bertz CT molecular complexity index is 497. The zero-order chi connectivity index (χ0) is 11.5. The second-order valence-corrected chi connectivity index (χ2v) is 4.25. The van der Waals surface area contributed by atoms with Crippen molar-refractivity contribution in [1.82, 2.24) is 15.0 Å². The van der Waals surface area contributed by atoms with Crippen LogP contribution in [-0.2, 0) is 0 Å². The van der Waals surface area contributed by atoms with Gasteiger partial charge >= 0.3 is 0 Å². The van der Waals surface area contributed by atoms with Gasteiger partial charge in [0.25, 0.3) is 5.22 Å². The standard InChI is InChI=1S/C10H12N4OS/c1-6-4-8(14-9(11-3)12-6)16-10-13-7(2)5-15-10/h4-5H,1-3H3,(H,11,12,14). The first-order valence-electron chi connectivity index (χ1n) is 4.81. The van der Waals surface area contributed by atoms with Gasteiger partial charge in [-0.2, -0.15) is 0 Å². The molecule has 2 heterocycles. The van der Waals surface area contributed by atoms with Gasteiger partial charge in [0.1, 0.15) is 11.3 Å². The molecule has 0 aromatic carbocycles. The zero-order valence-corrected chi connectivity index (χ0v) is 10.1. The van der Waals surface area contributed by atoms with Crippen molar-refractivity contribution in [2.45, 2.75) is 24.1 Å². The molecule has 2 rings (SSSR count). The summed E-state index contributed by atoms with van der Waals surface area (Å²) in [6.45, 7) is 3.81. The molecule has 0 aliphatic rings. The Labute approximate surface area is 97.7 Å². The number of nitrogens with one attached hydrogen (secondary N) is 1. The van der Waals surface area contributed by atoms with E-state index in [9.17, 15) is 0 Å². The van der Waals surface area contributed by atoms with E-state index in [4.69, 9.17) is 4.42 Å². The van der Waals surface area contributed by atoms with E-state index in [0.29, 0.717) is 11.2 Å². The third-order valence-corrected chi connectivity index (χ3v) is 2.62. The summed E-state index contributed by atoms with van der Waals surface area (Å²) >= 11 is 1.38. The Morgan fingerprint density at radius 3 is 2.62 bits per heavy atom. The van der Waals surface area contributed by atoms with Crippen LogP contribution in [0.25, 0.3) is 0 Å². The molecule has 0 amide bonds. The highest BCUT2D eigenvalue weighted by atomic mass is 32.2. The van der Waals surface area contributed by atoms with Crippen LogP contribution in [0.1, 0.15) is 11.4 Å². The maximum atomic E-state index is 5.25. The van der Waals surface area contributed by atoms with Gasteiger partial charge in [0.15, 0.2) is 0 Å². The van der Waals surface area contributed by atoms with E-state index in [0.717, 1.165) is 16.4 Å². The average molecular weight is 236 g/mol. The van der Waals surface area contributed by atoms with Gasteiger partial charge < -0.3 is 9.73 Å². The van der Waals surface area contributed by atoms with Crippen molar-refractivity contribution >= 4 is 17.7 Å². The molecular formula is C10H12N4OS. The normalized spacial score (nSPS) is 10.4. The SMILES string of the molecule is CNc1nc(C)cc(Sc2nc(C)co2)n1. The molecule has 5 nitrogen and oxygen atoms in total. The molecule has 0 saturated carbocycles. The van der Waals surface area contributed by atoms with Gasteiger partial charge in [-0.3, -0.25) is 0 Å². The largest absolute Gasteiger partial charge is 0.439 e. The summed E-state index contributed by atoms with van der Waals surface area (Å²) < 4.78 is 5.25. The Balaban J connectivity index is 2.24. The fourth-order valence-corrected chi connectivity index (χ4v) is 2.00. The summed E-state index contributed by atoms with van der Waals surface area (Å²) in [5.41, 5.74) is 1.77. The number of anilines is 1. The first-order valence-corrected chi connectivity index (χ1v) is 5.62. The highest BCUT2D eigenvalue weighted by Gasteiger charge is 2.07. The predicted octanol–water partition coefficient (Wildman–Crippen LogP) is 2.27. The number of oxazole rings is 1. The predicted molar refractivity (Wildman–Crippen MR) is 61.7 cm³/mol. The molecule has 0 unspecified atom stereocenters. The van der Waals surface area contributed by atoms with E-state index in [1.807, 2.05) is 19.9 Å². The lowest BCUT2D eigenvalue weighted by Crippen LogP contribution is -1.98. The van der Waals surface area contributed by atoms with Crippen LogP contribution in [0.3, 0.4) is 0 Å². The van der Waals surface area contributed by atoms with Crippen molar-refractivity contribution in [3.8, 4) is 0 Å². The van der Waals surface area contributed by atoms with Gasteiger partial charge in [-0.25, -0.2) is 15.0 Å². The van der Waals surface area contributed by atoms with Crippen molar-refractivity contribution < 1.29 is 4.42 Å². The zero-order valence-electron chi connectivity index (χ0n) is 9.31. The van der Waals surface area contributed by atoms with Crippen LogP contribution in [0.2, 0.25) is 0 Å². The molecular weight excluding hydrogens is 224 g/mol. The minimum Gasteiger partial charge on any atom is -0.439 e. The van der Waals surface area contributed by atoms with Gasteiger partial charge in [0.2, 0.25) is 5.95 Å². The fourth-order valence-electron chi connectivity index (χ4n) is 1.17. The lowest BCUT2D eigenvalue weighted by atomic mass is 10.5. The summed E-state index contributed by atoms with van der Waals surface area (Å²) in [5.74, 6) is 0.603. The number of hydrogen-bond donors (Lipinski definition) is 1. The van der Waals surface area contributed by atoms with E-state index in [2.05, 4.69) is 20.3 Å². The highest BCUT2D eigenvalue weighted by molar-refractivity contribution is 7.99. The number of rotatable bonds is 3. The van der Waals surface area contributed by atoms with E-state index in [-0.39, 0.29) is 0 Å². The summed E-state index contributed by atoms with van der Waals surface area (Å²) in [6.07, 6.45) is 1.62. The van der Waals surface area contributed by atoms with Crippen LogP contribution in [0.5, 0.6) is 0 Å². The molecule has 0 fully saturated rings. The first kappa shape index (κ1) is 10.9. The fraction of sp³-hybridized carbons (Fsp3) is 0.300. The Kier molecular flexibility index (Phi) is 3.09. The highest BCUT2D eigenvalue weighted by Crippen LogP contribution is 2.26. The molecule has 1 N–H and O–H groups in total. The van der Waals surface area contributed by atoms with Crippen LogP contribution in [-0.4, -0.2) is 22.0 Å². The molecule has 2 aromatic rings. The van der Waals surface area contributed by atoms with Crippen molar-refractivity contribution in [1.29, 1.82) is 0 Å². The number of aryl methyl sites for hydroxylation is 2. The third kappa shape index (κ3) is 2.52. The van der Waals surface area contributed by atoms with E-state index < -0.39 is 0 Å². The van der Waals surface area contributed by atoms with Crippen molar-refractivity contribution in [2.24, 2.45) is 0 Å². The summed E-state index contributed by atoms with van der Waals surface area (Å²) in [6, 6.07) is 1.89. The minimum absolute atomic E-state index is 0.595. The van der Waals surface area contributed by atoms with Crippen LogP contribution in [0.15, 0.2) is 27.0 Å². The van der Waals surface area contributed by atoms with Gasteiger partial charge in [0, 0.05) is 12.7 Å². The molecule has 0 aliphatic heterocycles. The Morgan fingerprint density at radius 2 is 2.00 bits per heavy atom. The maximum Gasteiger partial charge on any atom is 0.262 e. The van der Waals surface area contributed by atoms with Crippen molar-refractivity contribution in [3.63, 3.8) is 0 Å². The third-order valence-electron chi connectivity index (χ3n) is 1.84. The Hall–Kier alpha value is -1.56. The summed E-state index contributed by atoms with van der Waals surface area (Å²) in [4.78, 5) is 12.7. The van der Waals surface area contributed by atoms with E-state index in [1.54, 1.807) is 13.3 Å². The molecule has 84 valence electrons. The molecule has 16 heavy (non-hydrogen) atoms. The second-order valence-electron chi connectivity index (χ2n) is 3.28. The molecule has 0 saturated heterocycles. The Morgan fingerprint density at radius 1 is 1.19 bits per heavy atom. The van der Waals surface area contributed by atoms with Crippen molar-refractivity contribution in [2.75, 3.05) is 12.4 Å². The maximum absolute atomic E-state index is 5.25. The minimum atomic E-state index is 0.595. The molecule has 0 radical (unpaired) electrons. The van der Waals surface area contributed by atoms with Crippen molar-refractivity contribution in [3.05, 3.63) is 23.7 Å². The van der Waals surface area contributed by atoms with Crippen LogP contribution >= 0.6 is 11.8 Å². The quantitative estimate of drug-likeness (QED) is 0.825. The van der Waals surface area contributed by atoms with E-state index in [1.165, 1.54) is 11.8 Å². The van der Waals surface area contributed by atoms with Gasteiger partial charge in [-0.1, -0.05) is 0 Å². The number of aromatic nitrogens is 3. The lowest BCUT2D eigenvalue weighted by Gasteiger charge is -2.02. The average Bonchev–Trinajstić information content (AvgIpc) is 2.63. The van der Waals surface area contributed by atoms with E-state index >= 15 is 0 Å². The number of nitrogens with zero attached hydrogens (tertiary/aromatic N) is 3. The molecule has 6 heteroatoms. The van der Waals surface area contributed by atoms with Crippen LogP contribution < -0.4 is 5.32 Å². The number of hydrogen-bond acceptors (Lipinski definition) is 6. The first-order chi connectivity index (χ1) is 7.67. The monoisotopic (exact) mass is 236 g/mol. The summed E-state index contributed by atoms with van der Waals surface area (Å²) in [5, 5.41) is 4.33. The molecule has 0 aliphatic carbocycles. The van der Waals surface area contributed by atoms with Crippen LogP contribution in [0, 0.1) is 13.8 Å². The summed E-state index contributed by atoms with van der Waals surface area (Å²) in [7, 11) is 1.79.